The van der Waals surface area contributed by atoms with Crippen molar-refractivity contribution in [2.24, 2.45) is 11.8 Å². The van der Waals surface area contributed by atoms with Gasteiger partial charge < -0.3 is 28.1 Å². The van der Waals surface area contributed by atoms with Gasteiger partial charge in [-0.3, -0.25) is 9.59 Å². The van der Waals surface area contributed by atoms with Gasteiger partial charge in [0, 0.05) is 11.1 Å². The fraction of sp³-hybridized carbons (Fsp3) is 0.500. The number of carboxylic acid groups (broad SMARTS) is 2. The van der Waals surface area contributed by atoms with E-state index in [1.165, 1.54) is 103 Å². The van der Waals surface area contributed by atoms with Gasteiger partial charge >= 0.3 is 11.9 Å². The zero-order valence-electron chi connectivity index (χ0n) is 28.9. The number of fused-ring (bicyclic) bond motifs is 6. The number of likely N-dealkylation sites (N-methyl/N-ethyl adjacent to an activating group) is 2. The number of quaternary nitrogens is 4. The Hall–Kier alpha value is -3.56. The van der Waals surface area contributed by atoms with Crippen molar-refractivity contribution in [1.82, 2.24) is 0 Å². The van der Waals surface area contributed by atoms with Gasteiger partial charge in [-0.15, -0.1) is 0 Å². The molecule has 2 unspecified atom stereocenters. The van der Waals surface area contributed by atoms with Crippen molar-refractivity contribution in [1.29, 1.82) is 0 Å². The van der Waals surface area contributed by atoms with Gasteiger partial charge in [0.05, 0.1) is 25.9 Å². The quantitative estimate of drug-likeness (QED) is 0.289. The Kier molecular flexibility index (Phi) is 8.73. The van der Waals surface area contributed by atoms with Crippen LogP contribution in [0.4, 0.5) is 0 Å². The molecule has 0 aliphatic carbocycles. The lowest BCUT2D eigenvalue weighted by atomic mass is 9.82. The molecule has 8 heteroatoms. The van der Waals surface area contributed by atoms with E-state index >= 15 is 0 Å². The van der Waals surface area contributed by atoms with E-state index in [9.17, 15) is 19.8 Å². The predicted octanol–water partition coefficient (Wildman–Crippen LogP) is 4.12. The van der Waals surface area contributed by atoms with Crippen LogP contribution in [0.15, 0.2) is 72.8 Å². The number of aliphatic carboxylic acids is 2. The molecule has 0 saturated carbocycles. The maximum Gasteiger partial charge on any atom is 0.307 e. The molecule has 2 N–H and O–H groups in total. The molecule has 254 valence electrons. The average molecular weight is 655 g/mol. The Morgan fingerprint density at radius 1 is 0.521 bits per heavy atom. The highest BCUT2D eigenvalue weighted by molar-refractivity contribution is 5.80. The minimum absolute atomic E-state index is 0.181. The summed E-state index contributed by atoms with van der Waals surface area (Å²) < 4.78 is 4.75. The summed E-state index contributed by atoms with van der Waals surface area (Å²) in [5.74, 6) is -4.15. The average Bonchev–Trinajstić information content (AvgIpc) is 3.08. The number of carboxylic acids is 2. The molecule has 0 spiro atoms. The summed E-state index contributed by atoms with van der Waals surface area (Å²) in [6.07, 6.45) is 0.387. The molecule has 6 saturated heterocycles. The largest absolute Gasteiger partial charge is 0.481 e. The van der Waals surface area contributed by atoms with Crippen molar-refractivity contribution in [3.05, 3.63) is 95.1 Å². The SMILES string of the molecule is C[N+]12CC[N+](Cc3ccc(-c4ccc(CC(C(=O)O)C(Cc5cccc(C[N+]67CC[N+](C)(CC6)CC7)c5)C(=O)O)cc4)cc3)(CC1)CC2. The molecule has 6 aliphatic rings. The number of carbonyl (C=O) groups is 2. The second-order valence-electron chi connectivity index (χ2n) is 16.4. The second kappa shape index (κ2) is 12.7. The Balaban J connectivity index is 0.996. The van der Waals surface area contributed by atoms with Crippen LogP contribution in [0.3, 0.4) is 0 Å². The molecule has 0 aromatic heterocycles. The van der Waals surface area contributed by atoms with Crippen molar-refractivity contribution in [3.8, 4) is 11.1 Å². The first-order chi connectivity index (χ1) is 22.9. The van der Waals surface area contributed by atoms with Crippen molar-refractivity contribution >= 4 is 11.9 Å². The summed E-state index contributed by atoms with van der Waals surface area (Å²) in [5, 5.41) is 20.5. The number of piperazine rings is 6. The maximum atomic E-state index is 12.6. The third kappa shape index (κ3) is 6.95. The Morgan fingerprint density at radius 2 is 0.896 bits per heavy atom. The molecular weight excluding hydrogens is 600 g/mol. The summed E-state index contributed by atoms with van der Waals surface area (Å²) in [6, 6.07) is 25.1. The molecule has 3 aromatic rings. The first kappa shape index (κ1) is 33.0. The van der Waals surface area contributed by atoms with Gasteiger partial charge in [-0.1, -0.05) is 72.8 Å². The number of rotatable bonds is 12. The van der Waals surface area contributed by atoms with Crippen molar-refractivity contribution in [3.63, 3.8) is 0 Å². The van der Waals surface area contributed by atoms with E-state index in [4.69, 9.17) is 0 Å². The van der Waals surface area contributed by atoms with Crippen LogP contribution in [0.25, 0.3) is 11.1 Å². The van der Waals surface area contributed by atoms with Gasteiger partial charge in [0.1, 0.15) is 91.6 Å². The Morgan fingerprint density at radius 3 is 1.33 bits per heavy atom. The summed E-state index contributed by atoms with van der Waals surface area (Å²) in [5.41, 5.74) is 6.57. The lowest BCUT2D eigenvalue weighted by Crippen LogP contribution is -2.73. The van der Waals surface area contributed by atoms with E-state index in [2.05, 4.69) is 50.5 Å². The van der Waals surface area contributed by atoms with Crippen molar-refractivity contribution in [2.45, 2.75) is 25.9 Å². The van der Waals surface area contributed by atoms with Crippen LogP contribution in [0.5, 0.6) is 0 Å². The Bertz CT molecular complexity index is 1600. The van der Waals surface area contributed by atoms with Crippen LogP contribution in [-0.2, 0) is 35.5 Å². The molecule has 2 atom stereocenters. The van der Waals surface area contributed by atoms with E-state index in [1.54, 1.807) is 0 Å². The topological polar surface area (TPSA) is 74.6 Å². The molecule has 48 heavy (non-hydrogen) atoms. The van der Waals surface area contributed by atoms with Crippen LogP contribution in [-0.4, -0.2) is 133 Å². The van der Waals surface area contributed by atoms with E-state index in [-0.39, 0.29) is 12.8 Å². The van der Waals surface area contributed by atoms with E-state index < -0.39 is 23.8 Å². The standard InChI is InChI=1S/C40H52N4O4/c1-41-14-20-43(21-15-41,22-16-41)29-32-8-12-36(13-9-32)35-10-6-31(7-11-35)27-37(39(45)46)38(40(47)48)28-33-4-3-5-34(26-33)30-44-23-17-42(2,18-24-44)19-25-44/h3-13,26,37-38H,14-25,27-30H2,1-2H3/q+2/p+2. The first-order valence-corrected chi connectivity index (χ1v) is 18.0. The highest BCUT2D eigenvalue weighted by Gasteiger charge is 2.47. The molecule has 0 amide bonds. The number of hydrogen-bond donors (Lipinski definition) is 2. The van der Waals surface area contributed by atoms with Gasteiger partial charge in [-0.05, 0) is 35.1 Å². The van der Waals surface area contributed by atoms with Gasteiger partial charge in [-0.25, -0.2) is 0 Å². The molecule has 6 heterocycles. The van der Waals surface area contributed by atoms with E-state index in [0.717, 1.165) is 39.8 Å². The fourth-order valence-corrected chi connectivity index (χ4v) is 9.11. The monoisotopic (exact) mass is 654 g/mol. The van der Waals surface area contributed by atoms with Crippen LogP contribution >= 0.6 is 0 Å². The highest BCUT2D eigenvalue weighted by atomic mass is 16.4. The van der Waals surface area contributed by atoms with Crippen LogP contribution < -0.4 is 0 Å². The molecule has 6 fully saturated rings. The molecule has 6 aliphatic heterocycles. The van der Waals surface area contributed by atoms with Crippen molar-refractivity contribution in [2.75, 3.05) is 92.6 Å². The van der Waals surface area contributed by atoms with Gasteiger partial charge in [0.2, 0.25) is 0 Å². The minimum atomic E-state index is -1.06. The lowest BCUT2D eigenvalue weighted by Gasteiger charge is -2.54. The summed E-state index contributed by atoms with van der Waals surface area (Å²) in [6.45, 7) is 16.9. The zero-order chi connectivity index (χ0) is 33.6. The van der Waals surface area contributed by atoms with Crippen LogP contribution in [0, 0.1) is 11.8 Å². The molecule has 9 rings (SSSR count). The third-order valence-corrected chi connectivity index (χ3v) is 13.0. The summed E-state index contributed by atoms with van der Waals surface area (Å²) in [4.78, 5) is 25.1. The summed E-state index contributed by atoms with van der Waals surface area (Å²) in [7, 11) is 4.77. The smallest absolute Gasteiger partial charge is 0.307 e. The number of nitrogens with zero attached hydrogens (tertiary/aromatic N) is 4. The number of hydrogen-bond acceptors (Lipinski definition) is 2. The molecular formula is C40H54N4O4+4. The van der Waals surface area contributed by atoms with Crippen LogP contribution in [0.1, 0.15) is 22.3 Å². The van der Waals surface area contributed by atoms with Gasteiger partial charge in [-0.2, -0.15) is 0 Å². The first-order valence-electron chi connectivity index (χ1n) is 18.0. The molecule has 3 aromatic carbocycles. The molecule has 4 bridgehead atoms. The van der Waals surface area contributed by atoms with Gasteiger partial charge in [0.25, 0.3) is 0 Å². The predicted molar refractivity (Wildman–Crippen MR) is 187 cm³/mol. The highest BCUT2D eigenvalue weighted by Crippen LogP contribution is 2.31. The third-order valence-electron chi connectivity index (χ3n) is 13.0. The van der Waals surface area contributed by atoms with E-state index in [0.29, 0.717) is 0 Å². The number of benzene rings is 3. The van der Waals surface area contributed by atoms with Gasteiger partial charge in [0.15, 0.2) is 0 Å². The Labute approximate surface area is 285 Å². The zero-order valence-corrected chi connectivity index (χ0v) is 28.9. The summed E-state index contributed by atoms with van der Waals surface area (Å²) >= 11 is 0. The van der Waals surface area contributed by atoms with Crippen molar-refractivity contribution < 1.29 is 37.7 Å². The normalized spacial score (nSPS) is 30.5. The minimum Gasteiger partial charge on any atom is -0.481 e. The second-order valence-corrected chi connectivity index (χ2v) is 16.4. The lowest BCUT2D eigenvalue weighted by molar-refractivity contribution is -1.08. The molecule has 0 radical (unpaired) electrons. The maximum absolute atomic E-state index is 12.6. The van der Waals surface area contributed by atoms with Crippen LogP contribution in [0.2, 0.25) is 0 Å². The van der Waals surface area contributed by atoms with E-state index in [1.807, 2.05) is 36.4 Å². The fourth-order valence-electron chi connectivity index (χ4n) is 9.11. The molecule has 8 nitrogen and oxygen atoms in total.